The summed E-state index contributed by atoms with van der Waals surface area (Å²) in [7, 11) is 0. The number of nitrogens with one attached hydrogen (secondary N) is 2. The zero-order valence-corrected chi connectivity index (χ0v) is 19.1. The maximum absolute atomic E-state index is 13.1. The van der Waals surface area contributed by atoms with E-state index in [-0.39, 0.29) is 23.4 Å². The topological polar surface area (TPSA) is 87.2 Å². The van der Waals surface area contributed by atoms with Crippen molar-refractivity contribution in [1.29, 1.82) is 0 Å². The van der Waals surface area contributed by atoms with Crippen LogP contribution in [0.25, 0.3) is 16.6 Å². The van der Waals surface area contributed by atoms with E-state index in [1.165, 1.54) is 10.6 Å². The summed E-state index contributed by atoms with van der Waals surface area (Å²) in [5, 5.41) is 4.53. The van der Waals surface area contributed by atoms with Crippen LogP contribution in [0, 0.1) is 0 Å². The number of piperidine rings is 1. The lowest BCUT2D eigenvalue weighted by atomic mass is 10.0. The Morgan fingerprint density at radius 2 is 1.79 bits per heavy atom. The SMILES string of the molecule is O=C(NC1CCCN(C(=O)c2ccc3cc(Cl)[nH]c3c2)C1)c1ccc(-n2ccccc2=O)cc1. The summed E-state index contributed by atoms with van der Waals surface area (Å²) in [5.74, 6) is -0.266. The summed E-state index contributed by atoms with van der Waals surface area (Å²) in [6, 6.07) is 19.0. The Bertz CT molecular complexity index is 1420. The summed E-state index contributed by atoms with van der Waals surface area (Å²) in [6.07, 6.45) is 3.30. The summed E-state index contributed by atoms with van der Waals surface area (Å²) < 4.78 is 1.52. The molecular weight excluding hydrogens is 452 g/mol. The van der Waals surface area contributed by atoms with Gasteiger partial charge in [0.2, 0.25) is 0 Å². The fourth-order valence-corrected chi connectivity index (χ4v) is 4.59. The van der Waals surface area contributed by atoms with Gasteiger partial charge >= 0.3 is 0 Å². The van der Waals surface area contributed by atoms with Gasteiger partial charge < -0.3 is 15.2 Å². The molecule has 5 rings (SSSR count). The molecule has 0 bridgehead atoms. The van der Waals surface area contributed by atoms with Gasteiger partial charge in [-0.3, -0.25) is 19.0 Å². The van der Waals surface area contributed by atoms with Gasteiger partial charge in [-0.1, -0.05) is 23.7 Å². The number of nitrogens with zero attached hydrogens (tertiary/aromatic N) is 2. The van der Waals surface area contributed by atoms with Crippen LogP contribution in [0.3, 0.4) is 0 Å². The van der Waals surface area contributed by atoms with E-state index < -0.39 is 0 Å². The lowest BCUT2D eigenvalue weighted by Gasteiger charge is -2.33. The molecule has 2 aromatic carbocycles. The summed E-state index contributed by atoms with van der Waals surface area (Å²) >= 11 is 6.02. The molecule has 2 N–H and O–H groups in total. The van der Waals surface area contributed by atoms with Crippen molar-refractivity contribution < 1.29 is 9.59 Å². The number of pyridine rings is 1. The molecule has 8 heteroatoms. The number of H-pyrrole nitrogens is 1. The van der Waals surface area contributed by atoms with Gasteiger partial charge in [-0.15, -0.1) is 0 Å². The number of hydrogen-bond donors (Lipinski definition) is 2. The van der Waals surface area contributed by atoms with E-state index in [1.54, 1.807) is 53.6 Å². The molecule has 1 aliphatic rings. The van der Waals surface area contributed by atoms with Crippen LogP contribution in [0.2, 0.25) is 5.15 Å². The number of hydrogen-bond acceptors (Lipinski definition) is 3. The third kappa shape index (κ3) is 4.47. The standard InChI is InChI=1S/C26H23ClN4O3/c27-23-15-18-6-7-19(14-22(18)29-23)26(34)30-12-3-4-20(16-30)28-25(33)17-8-10-21(11-9-17)31-13-2-1-5-24(31)32/h1-2,5-11,13-15,20,29H,3-4,12,16H2,(H,28,33). The molecule has 3 heterocycles. The number of benzene rings is 2. The average molecular weight is 475 g/mol. The number of carbonyl (C=O) groups excluding carboxylic acids is 2. The fourth-order valence-electron chi connectivity index (χ4n) is 4.37. The van der Waals surface area contributed by atoms with Gasteiger partial charge in [0.1, 0.15) is 5.15 Å². The van der Waals surface area contributed by atoms with Crippen LogP contribution in [0.5, 0.6) is 0 Å². The highest BCUT2D eigenvalue weighted by molar-refractivity contribution is 6.30. The Balaban J connectivity index is 1.25. The van der Waals surface area contributed by atoms with E-state index in [9.17, 15) is 14.4 Å². The predicted molar refractivity (Wildman–Crippen MR) is 132 cm³/mol. The summed E-state index contributed by atoms with van der Waals surface area (Å²) in [4.78, 5) is 42.7. The van der Waals surface area contributed by atoms with Gasteiger partial charge in [0, 0.05) is 59.1 Å². The third-order valence-electron chi connectivity index (χ3n) is 6.11. The first kappa shape index (κ1) is 22.0. The van der Waals surface area contributed by atoms with Crippen molar-refractivity contribution in [2.75, 3.05) is 13.1 Å². The Hall–Kier alpha value is -3.84. The minimum absolute atomic E-state index is 0.0655. The first-order valence-corrected chi connectivity index (χ1v) is 11.5. The van der Waals surface area contributed by atoms with E-state index in [0.29, 0.717) is 35.1 Å². The van der Waals surface area contributed by atoms with Gasteiger partial charge in [-0.25, -0.2) is 0 Å². The molecule has 0 radical (unpaired) electrons. The monoisotopic (exact) mass is 474 g/mol. The highest BCUT2D eigenvalue weighted by Crippen LogP contribution is 2.22. The van der Waals surface area contributed by atoms with E-state index in [1.807, 2.05) is 18.2 Å². The molecular formula is C26H23ClN4O3. The van der Waals surface area contributed by atoms with Crippen molar-refractivity contribution in [1.82, 2.24) is 19.8 Å². The highest BCUT2D eigenvalue weighted by Gasteiger charge is 2.26. The first-order chi connectivity index (χ1) is 16.5. The average Bonchev–Trinajstić information content (AvgIpc) is 3.23. The lowest BCUT2D eigenvalue weighted by Crippen LogP contribution is -2.49. The van der Waals surface area contributed by atoms with Gasteiger partial charge in [-0.05, 0) is 61.4 Å². The van der Waals surface area contributed by atoms with Crippen molar-refractivity contribution >= 4 is 34.3 Å². The third-order valence-corrected chi connectivity index (χ3v) is 6.31. The number of aromatic nitrogens is 2. The van der Waals surface area contributed by atoms with Crippen LogP contribution in [0.15, 0.2) is 77.7 Å². The summed E-state index contributed by atoms with van der Waals surface area (Å²) in [5.41, 5.74) is 2.47. The van der Waals surface area contributed by atoms with Crippen LogP contribution in [0.1, 0.15) is 33.6 Å². The summed E-state index contributed by atoms with van der Waals surface area (Å²) in [6.45, 7) is 1.10. The molecule has 1 saturated heterocycles. The zero-order chi connectivity index (χ0) is 23.7. The van der Waals surface area contributed by atoms with Crippen LogP contribution in [-0.2, 0) is 0 Å². The second kappa shape index (κ2) is 9.19. The normalized spacial score (nSPS) is 15.9. The minimum Gasteiger partial charge on any atom is -0.348 e. The molecule has 4 aromatic rings. The smallest absolute Gasteiger partial charge is 0.255 e. The second-order valence-corrected chi connectivity index (χ2v) is 8.85. The first-order valence-electron chi connectivity index (χ1n) is 11.1. The largest absolute Gasteiger partial charge is 0.348 e. The van der Waals surface area contributed by atoms with Gasteiger partial charge in [0.25, 0.3) is 17.4 Å². The molecule has 1 atom stereocenters. The van der Waals surface area contributed by atoms with E-state index in [4.69, 9.17) is 11.6 Å². The maximum Gasteiger partial charge on any atom is 0.255 e. The Morgan fingerprint density at radius 1 is 1.00 bits per heavy atom. The van der Waals surface area contributed by atoms with Crippen molar-refractivity contribution in [3.05, 3.63) is 99.6 Å². The molecule has 172 valence electrons. The predicted octanol–water partition coefficient (Wildman–Crippen LogP) is 4.01. The number of halogens is 1. The van der Waals surface area contributed by atoms with Crippen molar-refractivity contribution in [2.24, 2.45) is 0 Å². The molecule has 0 aliphatic carbocycles. The maximum atomic E-state index is 13.1. The molecule has 0 spiro atoms. The number of amides is 2. The van der Waals surface area contributed by atoms with Crippen molar-refractivity contribution in [3.63, 3.8) is 0 Å². The molecule has 1 unspecified atom stereocenters. The van der Waals surface area contributed by atoms with Crippen molar-refractivity contribution in [3.8, 4) is 5.69 Å². The van der Waals surface area contributed by atoms with Crippen LogP contribution >= 0.6 is 11.6 Å². The molecule has 2 amide bonds. The quantitative estimate of drug-likeness (QED) is 0.468. The van der Waals surface area contributed by atoms with Gasteiger partial charge in [0.15, 0.2) is 0 Å². The van der Waals surface area contributed by atoms with E-state index in [2.05, 4.69) is 10.3 Å². The number of likely N-dealkylation sites (tertiary alicyclic amines) is 1. The Kier molecular flexibility index (Phi) is 5.94. The number of aromatic amines is 1. The zero-order valence-electron chi connectivity index (χ0n) is 18.3. The molecule has 1 fully saturated rings. The highest BCUT2D eigenvalue weighted by atomic mass is 35.5. The van der Waals surface area contributed by atoms with E-state index >= 15 is 0 Å². The van der Waals surface area contributed by atoms with Crippen LogP contribution < -0.4 is 10.9 Å². The molecule has 0 saturated carbocycles. The number of fused-ring (bicyclic) bond motifs is 1. The number of carbonyl (C=O) groups is 2. The van der Waals surface area contributed by atoms with Gasteiger partial charge in [-0.2, -0.15) is 0 Å². The minimum atomic E-state index is -0.200. The fraction of sp³-hybridized carbons (Fsp3) is 0.192. The Morgan fingerprint density at radius 3 is 2.59 bits per heavy atom. The number of rotatable bonds is 4. The second-order valence-electron chi connectivity index (χ2n) is 8.44. The van der Waals surface area contributed by atoms with Crippen molar-refractivity contribution in [2.45, 2.75) is 18.9 Å². The molecule has 34 heavy (non-hydrogen) atoms. The van der Waals surface area contributed by atoms with E-state index in [0.717, 1.165) is 23.7 Å². The van der Waals surface area contributed by atoms with Crippen LogP contribution in [0.4, 0.5) is 0 Å². The Labute approximate surface area is 201 Å². The van der Waals surface area contributed by atoms with Crippen LogP contribution in [-0.4, -0.2) is 45.4 Å². The molecule has 2 aromatic heterocycles. The molecule has 1 aliphatic heterocycles. The lowest BCUT2D eigenvalue weighted by molar-refractivity contribution is 0.0676. The van der Waals surface area contributed by atoms with Gasteiger partial charge in [0.05, 0.1) is 0 Å². The molecule has 7 nitrogen and oxygen atoms in total.